The van der Waals surface area contributed by atoms with E-state index in [0.717, 1.165) is 12.8 Å². The molecule has 0 amide bonds. The van der Waals surface area contributed by atoms with Crippen LogP contribution >= 0.6 is 0 Å². The second-order valence-electron chi connectivity index (χ2n) is 3.60. The Morgan fingerprint density at radius 3 is 2.47 bits per heavy atom. The summed E-state index contributed by atoms with van der Waals surface area (Å²) in [5.41, 5.74) is 0. The Morgan fingerprint density at radius 2 is 1.88 bits per heavy atom. The number of carbonyl (C=O) groups excluding carboxylic acids is 1. The molecule has 0 heterocycles. The van der Waals surface area contributed by atoms with Crippen molar-refractivity contribution in [3.05, 3.63) is 12.3 Å². The maximum absolute atomic E-state index is 10.9. The molecule has 100 valence electrons. The molecule has 0 fully saturated rings. The number of carboxylic acid groups (broad SMARTS) is 1. The van der Waals surface area contributed by atoms with E-state index >= 15 is 0 Å². The summed E-state index contributed by atoms with van der Waals surface area (Å²) in [6.45, 7) is 2.15. The molecule has 0 atom stereocenters. The number of rotatable bonds is 9. The topological polar surface area (TPSA) is 95.1 Å². The average Bonchev–Trinajstić information content (AvgIpc) is 2.25. The van der Waals surface area contributed by atoms with E-state index in [0.29, 0.717) is 0 Å². The highest BCUT2D eigenvalue weighted by Gasteiger charge is 2.04. The maximum Gasteiger partial charge on any atom is 0.311 e. The van der Waals surface area contributed by atoms with Crippen molar-refractivity contribution in [3.8, 4) is 0 Å². The van der Waals surface area contributed by atoms with Gasteiger partial charge >= 0.3 is 11.9 Å². The summed E-state index contributed by atoms with van der Waals surface area (Å²) in [5.74, 6) is -1.48. The number of aliphatic carboxylic acids is 1. The summed E-state index contributed by atoms with van der Waals surface area (Å²) >= 11 is 0. The van der Waals surface area contributed by atoms with Crippen LogP contribution in [0.4, 0.5) is 0 Å². The maximum atomic E-state index is 10.9. The van der Waals surface area contributed by atoms with Crippen molar-refractivity contribution in [2.45, 2.75) is 51.9 Å². The third kappa shape index (κ3) is 14.6. The Kier molecular flexibility index (Phi) is 13.5. The Hall–Kier alpha value is -1.36. The number of carboxylic acids is 1. The van der Waals surface area contributed by atoms with Crippen LogP contribution in [0.25, 0.3) is 0 Å². The van der Waals surface area contributed by atoms with Crippen molar-refractivity contribution in [3.63, 3.8) is 0 Å². The molecule has 0 bridgehead atoms. The highest BCUT2D eigenvalue weighted by Crippen LogP contribution is 2.03. The van der Waals surface area contributed by atoms with Gasteiger partial charge in [0.25, 0.3) is 0 Å². The van der Waals surface area contributed by atoms with Gasteiger partial charge in [-0.2, -0.15) is 0 Å². The van der Waals surface area contributed by atoms with Crippen molar-refractivity contribution < 1.29 is 24.9 Å². The monoisotopic (exact) mass is 246 g/mol. The Labute approximate surface area is 102 Å². The minimum atomic E-state index is -0.986. The molecule has 0 saturated carbocycles. The van der Waals surface area contributed by atoms with Gasteiger partial charge in [-0.05, 0) is 18.9 Å². The molecule has 0 aliphatic carbocycles. The van der Waals surface area contributed by atoms with E-state index in [4.69, 9.17) is 9.84 Å². The lowest BCUT2D eigenvalue weighted by molar-refractivity contribution is -0.144. The van der Waals surface area contributed by atoms with E-state index in [1.54, 1.807) is 6.08 Å². The Morgan fingerprint density at radius 1 is 1.18 bits per heavy atom. The molecule has 0 aromatic rings. The van der Waals surface area contributed by atoms with Crippen LogP contribution in [0.3, 0.4) is 0 Å². The van der Waals surface area contributed by atoms with Crippen molar-refractivity contribution in [1.82, 2.24) is 0 Å². The number of allylic oxidation sites excluding steroid dienone is 1. The summed E-state index contributed by atoms with van der Waals surface area (Å²) < 4.78 is 4.72. The molecule has 5 nitrogen and oxygen atoms in total. The summed E-state index contributed by atoms with van der Waals surface area (Å²) in [7, 11) is 0. The van der Waals surface area contributed by atoms with E-state index < -0.39 is 11.9 Å². The molecule has 0 spiro atoms. The van der Waals surface area contributed by atoms with Gasteiger partial charge in [-0.1, -0.05) is 26.2 Å². The fourth-order valence-corrected chi connectivity index (χ4v) is 1.15. The normalized spacial score (nSPS) is 9.94. The molecule has 0 aliphatic rings. The number of esters is 1. The van der Waals surface area contributed by atoms with Gasteiger partial charge in [0.15, 0.2) is 0 Å². The van der Waals surface area contributed by atoms with Crippen molar-refractivity contribution in [1.29, 1.82) is 0 Å². The summed E-state index contributed by atoms with van der Waals surface area (Å²) in [6, 6.07) is 0. The van der Waals surface area contributed by atoms with Crippen LogP contribution in [0.1, 0.15) is 51.9 Å². The van der Waals surface area contributed by atoms with Crippen LogP contribution in [0, 0.1) is 0 Å². The third-order valence-corrected chi connectivity index (χ3v) is 2.06. The lowest BCUT2D eigenvalue weighted by atomic mass is 10.1. The predicted molar refractivity (Wildman–Crippen MR) is 64.5 cm³/mol. The Bertz CT molecular complexity index is 235. The summed E-state index contributed by atoms with van der Waals surface area (Å²) in [4.78, 5) is 21.1. The van der Waals surface area contributed by atoms with Crippen LogP contribution in [0.5, 0.6) is 0 Å². The molecule has 0 saturated heterocycles. The zero-order valence-electron chi connectivity index (χ0n) is 10.3. The van der Waals surface area contributed by atoms with Gasteiger partial charge < -0.3 is 15.3 Å². The third-order valence-electron chi connectivity index (χ3n) is 2.06. The van der Waals surface area contributed by atoms with E-state index in [1.807, 2.05) is 0 Å². The molecule has 3 N–H and O–H groups in total. The van der Waals surface area contributed by atoms with Crippen molar-refractivity contribution >= 4 is 11.9 Å². The number of unbranched alkanes of at least 4 members (excludes halogenated alkanes) is 4. The fraction of sp³-hybridized carbons (Fsp3) is 0.667. The van der Waals surface area contributed by atoms with Crippen LogP contribution in [-0.4, -0.2) is 22.5 Å². The number of hydrogen-bond donors (Lipinski definition) is 1. The first-order valence-corrected chi connectivity index (χ1v) is 5.73. The second kappa shape index (κ2) is 12.7. The number of hydrogen-bond acceptors (Lipinski definition) is 3. The molecule has 0 unspecified atom stereocenters. The molecule has 0 aromatic carbocycles. The van der Waals surface area contributed by atoms with Crippen LogP contribution in [0.15, 0.2) is 12.3 Å². The smallest absolute Gasteiger partial charge is 0.311 e. The van der Waals surface area contributed by atoms with Crippen molar-refractivity contribution in [2.24, 2.45) is 0 Å². The van der Waals surface area contributed by atoms with Gasteiger partial charge in [-0.15, -0.1) is 0 Å². The van der Waals surface area contributed by atoms with Gasteiger partial charge in [0.05, 0.1) is 19.1 Å². The molecule has 0 aliphatic heterocycles. The molecule has 0 aromatic heterocycles. The van der Waals surface area contributed by atoms with Gasteiger partial charge in [-0.25, -0.2) is 0 Å². The first kappa shape index (κ1) is 18.0. The highest BCUT2D eigenvalue weighted by molar-refractivity contribution is 5.76. The zero-order valence-corrected chi connectivity index (χ0v) is 10.3. The predicted octanol–water partition coefficient (Wildman–Crippen LogP) is 2.05. The van der Waals surface area contributed by atoms with Crippen LogP contribution in [-0.2, 0) is 14.3 Å². The summed E-state index contributed by atoms with van der Waals surface area (Å²) in [5, 5.41) is 8.33. The minimum Gasteiger partial charge on any atom is -0.481 e. The quantitative estimate of drug-likeness (QED) is 0.382. The van der Waals surface area contributed by atoms with Crippen LogP contribution in [0.2, 0.25) is 0 Å². The summed E-state index contributed by atoms with van der Waals surface area (Å²) in [6.07, 6.45) is 8.51. The standard InChI is InChI=1S/C12H20O4.H2O/c1-2-3-4-5-6-7-10-16-12(15)9-8-11(13)14;/h7,10H,2-6,8-9H2,1H3,(H,13,14);1H2. The SMILES string of the molecule is CCCCCCC=COC(=O)CCC(=O)O.O. The van der Waals surface area contributed by atoms with Gasteiger partial charge in [0.1, 0.15) is 0 Å². The lowest BCUT2D eigenvalue weighted by Crippen LogP contribution is -2.03. The first-order valence-electron chi connectivity index (χ1n) is 5.73. The highest BCUT2D eigenvalue weighted by atomic mass is 16.5. The fourth-order valence-electron chi connectivity index (χ4n) is 1.15. The van der Waals surface area contributed by atoms with E-state index in [1.165, 1.54) is 25.5 Å². The molecule has 5 heteroatoms. The van der Waals surface area contributed by atoms with Crippen molar-refractivity contribution in [2.75, 3.05) is 0 Å². The number of ether oxygens (including phenoxy) is 1. The minimum absolute atomic E-state index is 0. The van der Waals surface area contributed by atoms with Gasteiger partial charge in [0, 0.05) is 0 Å². The molecule has 17 heavy (non-hydrogen) atoms. The van der Waals surface area contributed by atoms with Crippen LogP contribution < -0.4 is 0 Å². The van der Waals surface area contributed by atoms with E-state index in [2.05, 4.69) is 6.92 Å². The largest absolute Gasteiger partial charge is 0.481 e. The number of carbonyl (C=O) groups is 2. The zero-order chi connectivity index (χ0) is 12.2. The van der Waals surface area contributed by atoms with Gasteiger partial charge in [0.2, 0.25) is 0 Å². The molecular weight excluding hydrogens is 224 g/mol. The van der Waals surface area contributed by atoms with E-state index in [9.17, 15) is 9.59 Å². The average molecular weight is 246 g/mol. The van der Waals surface area contributed by atoms with E-state index in [-0.39, 0.29) is 18.3 Å². The second-order valence-corrected chi connectivity index (χ2v) is 3.60. The first-order chi connectivity index (χ1) is 7.66. The molecular formula is C12H22O5. The van der Waals surface area contributed by atoms with Gasteiger partial charge in [-0.3, -0.25) is 9.59 Å². The molecule has 0 radical (unpaired) electrons. The lowest BCUT2D eigenvalue weighted by Gasteiger charge is -1.97. The molecule has 0 rings (SSSR count). The Balaban J connectivity index is 0.